The van der Waals surface area contributed by atoms with Crippen molar-refractivity contribution in [3.63, 3.8) is 0 Å². The molecule has 0 amide bonds. The summed E-state index contributed by atoms with van der Waals surface area (Å²) in [5.41, 5.74) is 3.90. The highest BCUT2D eigenvalue weighted by Crippen LogP contribution is 2.41. The third-order valence-electron chi connectivity index (χ3n) is 4.69. The largest absolute Gasteiger partial charge is 0.496 e. The van der Waals surface area contributed by atoms with Crippen molar-refractivity contribution in [2.75, 3.05) is 50.7 Å². The zero-order chi connectivity index (χ0) is 18.8. The van der Waals surface area contributed by atoms with Crippen LogP contribution in [0.25, 0.3) is 21.3 Å². The van der Waals surface area contributed by atoms with Gasteiger partial charge in [0, 0.05) is 48.4 Å². The summed E-state index contributed by atoms with van der Waals surface area (Å²) >= 11 is 1.58. The second-order valence-corrected chi connectivity index (χ2v) is 7.09. The Morgan fingerprint density at radius 1 is 1.26 bits per heavy atom. The monoisotopic (exact) mass is 386 g/mol. The predicted octanol–water partition coefficient (Wildman–Crippen LogP) is 2.74. The number of rotatable bonds is 5. The van der Waals surface area contributed by atoms with Crippen molar-refractivity contribution in [3.8, 4) is 16.9 Å². The van der Waals surface area contributed by atoms with Gasteiger partial charge < -0.3 is 24.8 Å². The molecule has 3 heterocycles. The van der Waals surface area contributed by atoms with Crippen LogP contribution in [-0.2, 0) is 11.3 Å². The van der Waals surface area contributed by atoms with Crippen LogP contribution < -0.4 is 15.0 Å². The minimum atomic E-state index is -0.201. The Morgan fingerprint density at radius 3 is 2.78 bits per heavy atom. The number of aromatic nitrogens is 2. The van der Waals surface area contributed by atoms with Gasteiger partial charge in [0.1, 0.15) is 18.2 Å². The van der Waals surface area contributed by atoms with Crippen molar-refractivity contribution in [1.29, 1.82) is 0 Å². The number of hydrogen-bond donors (Lipinski definition) is 2. The quantitative estimate of drug-likeness (QED) is 0.698. The van der Waals surface area contributed by atoms with Crippen molar-refractivity contribution in [3.05, 3.63) is 29.4 Å². The van der Waals surface area contributed by atoms with Gasteiger partial charge in [-0.2, -0.15) is 0 Å². The van der Waals surface area contributed by atoms with Crippen molar-refractivity contribution < 1.29 is 14.6 Å². The Bertz CT molecular complexity index is 954. The molecule has 0 radical (unpaired) electrons. The Morgan fingerprint density at radius 2 is 2.07 bits per heavy atom. The Labute approximate surface area is 161 Å². The van der Waals surface area contributed by atoms with Gasteiger partial charge in [-0.25, -0.2) is 9.97 Å². The smallest absolute Gasteiger partial charge is 0.156 e. The molecule has 1 aliphatic rings. The van der Waals surface area contributed by atoms with E-state index in [0.717, 1.165) is 64.9 Å². The van der Waals surface area contributed by atoms with E-state index in [1.165, 1.54) is 0 Å². The van der Waals surface area contributed by atoms with Crippen LogP contribution in [0, 0.1) is 0 Å². The van der Waals surface area contributed by atoms with Gasteiger partial charge in [0.05, 0.1) is 30.5 Å². The summed E-state index contributed by atoms with van der Waals surface area (Å²) in [7, 11) is 3.50. The van der Waals surface area contributed by atoms with E-state index in [2.05, 4.69) is 43.8 Å². The Hall–Kier alpha value is -2.42. The lowest BCUT2D eigenvalue weighted by Gasteiger charge is -2.29. The lowest BCUT2D eigenvalue weighted by atomic mass is 10.1. The first-order valence-corrected chi connectivity index (χ1v) is 9.71. The second-order valence-electron chi connectivity index (χ2n) is 6.21. The first-order valence-electron chi connectivity index (χ1n) is 8.83. The molecule has 142 valence electrons. The molecular formula is C19H22N4O3S. The van der Waals surface area contributed by atoms with Crippen LogP contribution in [0.15, 0.2) is 23.6 Å². The van der Waals surface area contributed by atoms with Crippen LogP contribution in [0.3, 0.4) is 0 Å². The molecule has 2 N–H and O–H groups in total. The topological polar surface area (TPSA) is 79.7 Å². The number of fused-ring (bicyclic) bond motifs is 1. The average molecular weight is 386 g/mol. The Kier molecular flexibility index (Phi) is 5.11. The summed E-state index contributed by atoms with van der Waals surface area (Å²) in [6.45, 7) is 3.04. The van der Waals surface area contributed by atoms with E-state index in [4.69, 9.17) is 9.47 Å². The molecule has 0 spiro atoms. The number of nitrogens with zero attached hydrogens (tertiary/aromatic N) is 3. The summed E-state index contributed by atoms with van der Waals surface area (Å²) in [5, 5.41) is 14.7. The fourth-order valence-electron chi connectivity index (χ4n) is 3.32. The Balaban J connectivity index is 1.80. The molecule has 4 rings (SSSR count). The van der Waals surface area contributed by atoms with Crippen molar-refractivity contribution in [2.24, 2.45) is 0 Å². The maximum Gasteiger partial charge on any atom is 0.156 e. The van der Waals surface area contributed by atoms with Gasteiger partial charge >= 0.3 is 0 Å². The summed E-state index contributed by atoms with van der Waals surface area (Å²) in [6.07, 6.45) is 0. The molecule has 27 heavy (non-hydrogen) atoms. The number of aliphatic hydroxyl groups is 1. The molecular weight excluding hydrogens is 364 g/mol. The van der Waals surface area contributed by atoms with Crippen LogP contribution in [0.1, 0.15) is 5.82 Å². The number of benzene rings is 1. The summed E-state index contributed by atoms with van der Waals surface area (Å²) in [5.74, 6) is 1.92. The number of ether oxygens (including phenoxy) is 2. The van der Waals surface area contributed by atoms with Crippen molar-refractivity contribution >= 4 is 33.1 Å². The van der Waals surface area contributed by atoms with Crippen LogP contribution in [-0.4, -0.2) is 55.5 Å². The van der Waals surface area contributed by atoms with Gasteiger partial charge in [-0.3, -0.25) is 0 Å². The highest BCUT2D eigenvalue weighted by atomic mass is 32.1. The SMILES string of the molecule is CNc1nc(CO)nc2c(-c3ccc(N4CCOCC4)cc3OC)csc12. The molecule has 0 aliphatic carbocycles. The number of morpholine rings is 1. The lowest BCUT2D eigenvalue weighted by Crippen LogP contribution is -2.36. The number of nitrogens with one attached hydrogen (secondary N) is 1. The maximum absolute atomic E-state index is 9.51. The van der Waals surface area contributed by atoms with Gasteiger partial charge in [-0.05, 0) is 12.1 Å². The first kappa shape index (κ1) is 18.0. The van der Waals surface area contributed by atoms with Gasteiger partial charge in [0.2, 0.25) is 0 Å². The first-order chi connectivity index (χ1) is 13.2. The molecule has 1 aliphatic heterocycles. The molecule has 1 aromatic carbocycles. The van der Waals surface area contributed by atoms with E-state index in [1.54, 1.807) is 18.4 Å². The van der Waals surface area contributed by atoms with Crippen molar-refractivity contribution in [2.45, 2.75) is 6.61 Å². The molecule has 0 unspecified atom stereocenters. The molecule has 3 aromatic rings. The third kappa shape index (κ3) is 3.31. The highest BCUT2D eigenvalue weighted by Gasteiger charge is 2.19. The van der Waals surface area contributed by atoms with Crippen LogP contribution >= 0.6 is 11.3 Å². The summed E-state index contributed by atoms with van der Waals surface area (Å²) in [6, 6.07) is 6.25. The molecule has 0 atom stereocenters. The molecule has 1 fully saturated rings. The normalized spacial score (nSPS) is 14.6. The zero-order valence-electron chi connectivity index (χ0n) is 15.4. The predicted molar refractivity (Wildman–Crippen MR) is 108 cm³/mol. The van der Waals surface area contributed by atoms with Crippen LogP contribution in [0.5, 0.6) is 5.75 Å². The van der Waals surface area contributed by atoms with Crippen LogP contribution in [0.4, 0.5) is 11.5 Å². The van der Waals surface area contributed by atoms with E-state index in [9.17, 15) is 5.11 Å². The molecule has 7 nitrogen and oxygen atoms in total. The number of aliphatic hydroxyl groups excluding tert-OH is 1. The maximum atomic E-state index is 9.51. The standard InChI is InChI=1S/C19H22N4O3S/c1-20-19-18-17(21-16(10-24)22-19)14(11-27-18)13-4-3-12(9-15(13)25-2)23-5-7-26-8-6-23/h3-4,9,11,24H,5-8,10H2,1-2H3,(H,20,21,22). The van der Waals surface area contributed by atoms with Crippen LogP contribution in [0.2, 0.25) is 0 Å². The number of anilines is 2. The molecule has 1 saturated heterocycles. The minimum Gasteiger partial charge on any atom is -0.496 e. The van der Waals surface area contributed by atoms with Gasteiger partial charge in [0.25, 0.3) is 0 Å². The van der Waals surface area contributed by atoms with Gasteiger partial charge in [-0.15, -0.1) is 11.3 Å². The molecule has 2 aromatic heterocycles. The van der Waals surface area contributed by atoms with Gasteiger partial charge in [-0.1, -0.05) is 0 Å². The summed E-state index contributed by atoms with van der Waals surface area (Å²) < 4.78 is 12.1. The zero-order valence-corrected chi connectivity index (χ0v) is 16.2. The molecule has 8 heteroatoms. The molecule has 0 bridgehead atoms. The number of methoxy groups -OCH3 is 1. The van der Waals surface area contributed by atoms with E-state index >= 15 is 0 Å². The van der Waals surface area contributed by atoms with E-state index in [1.807, 2.05) is 7.05 Å². The average Bonchev–Trinajstić information content (AvgIpc) is 3.16. The number of hydrogen-bond acceptors (Lipinski definition) is 8. The fourth-order valence-corrected chi connectivity index (χ4v) is 4.32. The van der Waals surface area contributed by atoms with Crippen molar-refractivity contribution in [1.82, 2.24) is 9.97 Å². The van der Waals surface area contributed by atoms with Gasteiger partial charge in [0.15, 0.2) is 5.82 Å². The van der Waals surface area contributed by atoms with E-state index < -0.39 is 0 Å². The molecule has 0 saturated carbocycles. The van der Waals surface area contributed by atoms with E-state index in [0.29, 0.717) is 5.82 Å². The minimum absolute atomic E-state index is 0.201. The third-order valence-corrected chi connectivity index (χ3v) is 5.67. The van der Waals surface area contributed by atoms with E-state index in [-0.39, 0.29) is 6.61 Å². The second kappa shape index (κ2) is 7.67. The highest BCUT2D eigenvalue weighted by molar-refractivity contribution is 7.18. The summed E-state index contributed by atoms with van der Waals surface area (Å²) in [4.78, 5) is 11.2. The lowest BCUT2D eigenvalue weighted by molar-refractivity contribution is 0.122. The fraction of sp³-hybridized carbons (Fsp3) is 0.368. The number of thiophene rings is 1.